The van der Waals surface area contributed by atoms with Crippen molar-refractivity contribution in [1.29, 1.82) is 0 Å². The van der Waals surface area contributed by atoms with Crippen molar-refractivity contribution in [2.45, 2.75) is 0 Å². The number of hydrogen-bond donors (Lipinski definition) is 0. The van der Waals surface area contributed by atoms with Crippen molar-refractivity contribution in [3.05, 3.63) is 0 Å². The van der Waals surface area contributed by atoms with Gasteiger partial charge in [-0.25, -0.2) is 0 Å². The standard InChI is InChI=1S/C3H9NO3S/c1-4(2)6-7-8-5-3/h1-3H3. The molecular weight excluding hydrogens is 130 g/mol. The fourth-order valence-corrected chi connectivity index (χ4v) is 0.303. The van der Waals surface area contributed by atoms with E-state index in [-0.39, 0.29) is 0 Å². The quantitative estimate of drug-likeness (QED) is 0.246. The average Bonchev–Trinajstić information content (AvgIpc) is 1.66. The van der Waals surface area contributed by atoms with Crippen LogP contribution in [0.25, 0.3) is 0 Å². The Balaban J connectivity index is 2.72. The second-order valence-electron chi connectivity index (χ2n) is 1.19. The third-order valence-corrected chi connectivity index (χ3v) is 0.528. The lowest BCUT2D eigenvalue weighted by Gasteiger charge is -2.04. The van der Waals surface area contributed by atoms with Gasteiger partial charge in [0, 0.05) is 14.1 Å². The highest BCUT2D eigenvalue weighted by molar-refractivity contribution is 7.89. The van der Waals surface area contributed by atoms with Crippen LogP contribution in [0.4, 0.5) is 0 Å². The van der Waals surface area contributed by atoms with Gasteiger partial charge in [0.15, 0.2) is 12.3 Å². The van der Waals surface area contributed by atoms with Crippen molar-refractivity contribution in [1.82, 2.24) is 5.06 Å². The molecule has 0 bridgehead atoms. The van der Waals surface area contributed by atoms with E-state index < -0.39 is 0 Å². The summed E-state index contributed by atoms with van der Waals surface area (Å²) in [5, 5.41) is 1.41. The monoisotopic (exact) mass is 139 g/mol. The van der Waals surface area contributed by atoms with Gasteiger partial charge in [0.25, 0.3) is 0 Å². The number of rotatable bonds is 4. The molecule has 0 amide bonds. The zero-order chi connectivity index (χ0) is 6.41. The molecule has 0 unspecified atom stereocenters. The minimum atomic E-state index is 0.773. The van der Waals surface area contributed by atoms with Crippen LogP contribution in [0.1, 0.15) is 0 Å². The largest absolute Gasteiger partial charge is 0.293 e. The van der Waals surface area contributed by atoms with Crippen LogP contribution in [0.3, 0.4) is 0 Å². The van der Waals surface area contributed by atoms with Crippen LogP contribution in [0.2, 0.25) is 0 Å². The molecule has 0 N–H and O–H groups in total. The highest BCUT2D eigenvalue weighted by Gasteiger charge is 1.88. The second-order valence-corrected chi connectivity index (χ2v) is 1.80. The van der Waals surface area contributed by atoms with E-state index in [9.17, 15) is 0 Å². The lowest BCUT2D eigenvalue weighted by Crippen LogP contribution is -2.10. The lowest BCUT2D eigenvalue weighted by molar-refractivity contribution is -0.343. The summed E-state index contributed by atoms with van der Waals surface area (Å²) in [6, 6.07) is 0. The van der Waals surface area contributed by atoms with E-state index in [1.54, 1.807) is 14.1 Å². The van der Waals surface area contributed by atoms with Gasteiger partial charge in [0.2, 0.25) is 0 Å². The molecule has 0 aromatic carbocycles. The molecular formula is C3H9NO3S. The van der Waals surface area contributed by atoms with Gasteiger partial charge in [-0.2, -0.15) is 5.06 Å². The van der Waals surface area contributed by atoms with E-state index in [1.807, 2.05) is 0 Å². The molecule has 0 fully saturated rings. The molecule has 0 aromatic heterocycles. The summed E-state index contributed by atoms with van der Waals surface area (Å²) in [4.78, 5) is 4.45. The maximum Gasteiger partial charge on any atom is 0.196 e. The van der Waals surface area contributed by atoms with E-state index in [4.69, 9.17) is 0 Å². The molecule has 0 aliphatic heterocycles. The summed E-state index contributed by atoms with van der Waals surface area (Å²) < 4.78 is 8.80. The Morgan fingerprint density at radius 3 is 2.38 bits per heavy atom. The zero-order valence-corrected chi connectivity index (χ0v) is 5.90. The topological polar surface area (TPSA) is 30.9 Å². The van der Waals surface area contributed by atoms with E-state index >= 15 is 0 Å². The number of nitrogens with zero attached hydrogens (tertiary/aromatic N) is 1. The van der Waals surface area contributed by atoms with E-state index in [1.165, 1.54) is 12.2 Å². The molecule has 0 aliphatic carbocycles. The van der Waals surface area contributed by atoms with Crippen molar-refractivity contribution in [3.63, 3.8) is 0 Å². The Morgan fingerprint density at radius 1 is 1.38 bits per heavy atom. The van der Waals surface area contributed by atoms with Crippen molar-refractivity contribution >= 4 is 12.3 Å². The van der Waals surface area contributed by atoms with Gasteiger partial charge in [-0.15, -0.1) is 9.32 Å². The summed E-state index contributed by atoms with van der Waals surface area (Å²) in [7, 11) is 4.90. The molecule has 0 saturated heterocycles. The molecule has 5 heteroatoms. The van der Waals surface area contributed by atoms with Gasteiger partial charge >= 0.3 is 0 Å². The van der Waals surface area contributed by atoms with E-state index in [2.05, 4.69) is 13.5 Å². The van der Waals surface area contributed by atoms with Gasteiger partial charge in [0.1, 0.15) is 0 Å². The summed E-state index contributed by atoms with van der Waals surface area (Å²) >= 11 is 0.773. The summed E-state index contributed by atoms with van der Waals surface area (Å²) in [6.45, 7) is 0. The zero-order valence-electron chi connectivity index (χ0n) is 5.08. The second kappa shape index (κ2) is 5.33. The van der Waals surface area contributed by atoms with Gasteiger partial charge in [-0.05, 0) is 0 Å². The molecule has 8 heavy (non-hydrogen) atoms. The maximum atomic E-state index is 4.45. The normalized spacial score (nSPS) is 10.5. The van der Waals surface area contributed by atoms with Crippen LogP contribution in [0.5, 0.6) is 0 Å². The highest BCUT2D eigenvalue weighted by atomic mass is 32.2. The molecule has 50 valence electrons. The molecule has 0 aliphatic rings. The van der Waals surface area contributed by atoms with Crippen molar-refractivity contribution < 1.29 is 13.5 Å². The molecule has 0 saturated carbocycles. The first-order valence-electron chi connectivity index (χ1n) is 1.99. The van der Waals surface area contributed by atoms with Crippen molar-refractivity contribution in [2.75, 3.05) is 21.2 Å². The first-order valence-corrected chi connectivity index (χ1v) is 2.65. The van der Waals surface area contributed by atoms with Gasteiger partial charge in [-0.1, -0.05) is 0 Å². The third kappa shape index (κ3) is 6.19. The summed E-state index contributed by atoms with van der Waals surface area (Å²) in [6.07, 6.45) is 0. The molecule has 0 atom stereocenters. The predicted octanol–water partition coefficient (Wildman–Crippen LogP) is 0.621. The Bertz CT molecular complexity index is 51.8. The first kappa shape index (κ1) is 8.19. The maximum absolute atomic E-state index is 4.45. The van der Waals surface area contributed by atoms with E-state index in [0.717, 1.165) is 12.3 Å². The molecule has 0 heterocycles. The van der Waals surface area contributed by atoms with Crippen LogP contribution in [0, 0.1) is 0 Å². The smallest absolute Gasteiger partial charge is 0.196 e. The summed E-state index contributed by atoms with van der Waals surface area (Å²) in [5.41, 5.74) is 0. The Labute approximate surface area is 53.0 Å². The molecule has 0 aromatic rings. The Morgan fingerprint density at radius 2 is 2.00 bits per heavy atom. The molecule has 0 rings (SSSR count). The molecule has 0 spiro atoms. The van der Waals surface area contributed by atoms with E-state index in [0.29, 0.717) is 0 Å². The minimum Gasteiger partial charge on any atom is -0.293 e. The first-order chi connectivity index (χ1) is 3.77. The third-order valence-electron chi connectivity index (χ3n) is 0.275. The van der Waals surface area contributed by atoms with Crippen LogP contribution >= 0.6 is 12.3 Å². The molecule has 0 radical (unpaired) electrons. The van der Waals surface area contributed by atoms with Crippen molar-refractivity contribution in [3.8, 4) is 0 Å². The molecule has 4 nitrogen and oxygen atoms in total. The van der Waals surface area contributed by atoms with Gasteiger partial charge < -0.3 is 0 Å². The minimum absolute atomic E-state index is 0.773. The number of hydroxylamine groups is 2. The van der Waals surface area contributed by atoms with Crippen LogP contribution in [0.15, 0.2) is 0 Å². The highest BCUT2D eigenvalue weighted by Crippen LogP contribution is 2.01. The lowest BCUT2D eigenvalue weighted by atomic mass is 11.2. The fraction of sp³-hybridized carbons (Fsp3) is 1.00. The average molecular weight is 139 g/mol. The van der Waals surface area contributed by atoms with Crippen molar-refractivity contribution in [2.24, 2.45) is 0 Å². The summed E-state index contributed by atoms with van der Waals surface area (Å²) in [5.74, 6) is 0. The Hall–Kier alpha value is 0.190. The van der Waals surface area contributed by atoms with Gasteiger partial charge in [0.05, 0.1) is 7.11 Å². The predicted molar refractivity (Wildman–Crippen MR) is 30.5 cm³/mol. The Kier molecular flexibility index (Phi) is 5.46. The van der Waals surface area contributed by atoms with Gasteiger partial charge in [-0.3, -0.25) is 4.18 Å². The number of hydrogen-bond acceptors (Lipinski definition) is 5. The fourth-order valence-electron chi connectivity index (χ4n) is 0.101. The van der Waals surface area contributed by atoms with Crippen LogP contribution < -0.4 is 0 Å². The SMILES string of the molecule is COSOON(C)C. The van der Waals surface area contributed by atoms with Crippen LogP contribution in [-0.2, 0) is 13.5 Å². The van der Waals surface area contributed by atoms with Crippen LogP contribution in [-0.4, -0.2) is 26.3 Å².